The summed E-state index contributed by atoms with van der Waals surface area (Å²) >= 11 is 5.81. The highest BCUT2D eigenvalue weighted by atomic mass is 35.5. The van der Waals surface area contributed by atoms with Crippen LogP contribution in [0.25, 0.3) is 11.3 Å². The van der Waals surface area contributed by atoms with E-state index in [0.717, 1.165) is 0 Å². The number of halogens is 2. The average molecular weight is 271 g/mol. The molecule has 1 aromatic heterocycles. The summed E-state index contributed by atoms with van der Waals surface area (Å²) in [6.07, 6.45) is 0. The molecule has 0 spiro atoms. The van der Waals surface area contributed by atoms with Crippen molar-refractivity contribution in [1.82, 2.24) is 5.16 Å². The van der Waals surface area contributed by atoms with Crippen molar-refractivity contribution in [3.05, 3.63) is 23.0 Å². The van der Waals surface area contributed by atoms with Crippen molar-refractivity contribution in [2.45, 2.75) is 0 Å². The van der Waals surface area contributed by atoms with Crippen LogP contribution in [0, 0.1) is 5.82 Å². The molecule has 0 unspecified atom stereocenters. The van der Waals surface area contributed by atoms with Gasteiger partial charge in [0.1, 0.15) is 18.9 Å². The van der Waals surface area contributed by atoms with Gasteiger partial charge in [0.15, 0.2) is 17.3 Å². The molecule has 7 heteroatoms. The van der Waals surface area contributed by atoms with E-state index in [1.807, 2.05) is 0 Å². The average Bonchev–Trinajstić information content (AvgIpc) is 2.77. The Kier molecular flexibility index (Phi) is 2.52. The molecule has 18 heavy (non-hydrogen) atoms. The number of anilines is 1. The Morgan fingerprint density at radius 3 is 2.78 bits per heavy atom. The first-order chi connectivity index (χ1) is 8.66. The molecule has 5 nitrogen and oxygen atoms in total. The van der Waals surface area contributed by atoms with Crippen molar-refractivity contribution in [2.24, 2.45) is 0 Å². The molecule has 0 saturated heterocycles. The summed E-state index contributed by atoms with van der Waals surface area (Å²) in [6.45, 7) is 0.712. The van der Waals surface area contributed by atoms with Crippen LogP contribution in [0.15, 0.2) is 16.7 Å². The van der Waals surface area contributed by atoms with Crippen LogP contribution in [0.5, 0.6) is 11.5 Å². The Hall–Kier alpha value is -1.95. The molecule has 94 valence electrons. The standard InChI is InChI=1S/C11H8ClFN2O3/c12-5-3-7-11(17-2-1-16-7)9(10(5)13)6-4-8(14)18-15-6/h3-4H,1-2,14H2. The van der Waals surface area contributed by atoms with Gasteiger partial charge in [-0.1, -0.05) is 16.8 Å². The van der Waals surface area contributed by atoms with Crippen molar-refractivity contribution in [2.75, 3.05) is 18.9 Å². The van der Waals surface area contributed by atoms with Gasteiger partial charge in [0.05, 0.1) is 10.6 Å². The summed E-state index contributed by atoms with van der Waals surface area (Å²) in [5, 5.41) is 3.59. The summed E-state index contributed by atoms with van der Waals surface area (Å²) in [5.74, 6) is 0.0738. The number of nitrogens with two attached hydrogens (primary N) is 1. The topological polar surface area (TPSA) is 70.5 Å². The Morgan fingerprint density at radius 2 is 2.06 bits per heavy atom. The molecule has 1 aromatic carbocycles. The molecule has 2 N–H and O–H groups in total. The molecule has 0 radical (unpaired) electrons. The summed E-state index contributed by atoms with van der Waals surface area (Å²) in [7, 11) is 0. The second kappa shape index (κ2) is 4.06. The maximum Gasteiger partial charge on any atom is 0.222 e. The molecule has 3 rings (SSSR count). The third-order valence-electron chi connectivity index (χ3n) is 2.51. The summed E-state index contributed by atoms with van der Waals surface area (Å²) in [4.78, 5) is 0. The number of aromatic nitrogens is 1. The molecule has 0 aliphatic carbocycles. The van der Waals surface area contributed by atoms with Crippen LogP contribution in [0.2, 0.25) is 5.02 Å². The minimum Gasteiger partial charge on any atom is -0.486 e. The lowest BCUT2D eigenvalue weighted by atomic mass is 10.1. The quantitative estimate of drug-likeness (QED) is 0.862. The molecule has 2 aromatic rings. The number of fused-ring (bicyclic) bond motifs is 1. The van der Waals surface area contributed by atoms with E-state index in [2.05, 4.69) is 5.16 Å². The number of rotatable bonds is 1. The predicted molar refractivity (Wildman–Crippen MR) is 62.3 cm³/mol. The largest absolute Gasteiger partial charge is 0.486 e. The van der Waals surface area contributed by atoms with Crippen molar-refractivity contribution < 1.29 is 18.4 Å². The highest BCUT2D eigenvalue weighted by Crippen LogP contribution is 2.44. The highest BCUT2D eigenvalue weighted by molar-refractivity contribution is 6.31. The molecule has 0 saturated carbocycles. The fraction of sp³-hybridized carbons (Fsp3) is 0.182. The molecule has 1 aliphatic heterocycles. The SMILES string of the molecule is Nc1cc(-c2c(F)c(Cl)cc3c2OCCO3)no1. The van der Waals surface area contributed by atoms with E-state index in [1.54, 1.807) is 0 Å². The third kappa shape index (κ3) is 1.65. The van der Waals surface area contributed by atoms with E-state index in [9.17, 15) is 4.39 Å². The van der Waals surface area contributed by atoms with Gasteiger partial charge in [0.25, 0.3) is 0 Å². The van der Waals surface area contributed by atoms with Gasteiger partial charge in [-0.25, -0.2) is 4.39 Å². The van der Waals surface area contributed by atoms with Crippen LogP contribution >= 0.6 is 11.6 Å². The van der Waals surface area contributed by atoms with Gasteiger partial charge >= 0.3 is 0 Å². The summed E-state index contributed by atoms with van der Waals surface area (Å²) in [6, 6.07) is 2.77. The Bertz CT molecular complexity index is 615. The summed E-state index contributed by atoms with van der Waals surface area (Å²) < 4.78 is 29.6. The van der Waals surface area contributed by atoms with Crippen molar-refractivity contribution >= 4 is 17.5 Å². The number of nitrogen functional groups attached to an aromatic ring is 1. The first-order valence-electron chi connectivity index (χ1n) is 5.17. The van der Waals surface area contributed by atoms with Crippen LogP contribution in [0.4, 0.5) is 10.3 Å². The smallest absolute Gasteiger partial charge is 0.222 e. The fourth-order valence-electron chi connectivity index (χ4n) is 1.77. The van der Waals surface area contributed by atoms with Gasteiger partial charge in [-0.05, 0) is 0 Å². The summed E-state index contributed by atoms with van der Waals surface area (Å²) in [5.41, 5.74) is 5.74. The maximum absolute atomic E-state index is 14.1. The zero-order valence-electron chi connectivity index (χ0n) is 9.07. The first-order valence-corrected chi connectivity index (χ1v) is 5.55. The highest BCUT2D eigenvalue weighted by Gasteiger charge is 2.25. The Balaban J connectivity index is 2.26. The van der Waals surface area contributed by atoms with E-state index in [1.165, 1.54) is 12.1 Å². The number of benzene rings is 1. The minimum absolute atomic E-state index is 0.0733. The van der Waals surface area contributed by atoms with E-state index < -0.39 is 5.82 Å². The molecule has 0 fully saturated rings. The van der Waals surface area contributed by atoms with Gasteiger partial charge in [-0.3, -0.25) is 0 Å². The van der Waals surface area contributed by atoms with E-state index >= 15 is 0 Å². The number of nitrogens with zero attached hydrogens (tertiary/aromatic N) is 1. The molecule has 0 bridgehead atoms. The van der Waals surface area contributed by atoms with Crippen LogP contribution in [-0.4, -0.2) is 18.4 Å². The normalized spacial score (nSPS) is 13.7. The number of ether oxygens (including phenoxy) is 2. The lowest BCUT2D eigenvalue weighted by molar-refractivity contribution is 0.171. The third-order valence-corrected chi connectivity index (χ3v) is 2.78. The van der Waals surface area contributed by atoms with Gasteiger partial charge in [-0.2, -0.15) is 0 Å². The van der Waals surface area contributed by atoms with Crippen molar-refractivity contribution in [3.8, 4) is 22.8 Å². The van der Waals surface area contributed by atoms with Gasteiger partial charge in [0, 0.05) is 12.1 Å². The lowest BCUT2D eigenvalue weighted by Gasteiger charge is -2.21. The van der Waals surface area contributed by atoms with Crippen molar-refractivity contribution in [1.29, 1.82) is 0 Å². The molecular weight excluding hydrogens is 263 g/mol. The van der Waals surface area contributed by atoms with Crippen LogP contribution in [0.3, 0.4) is 0 Å². The van der Waals surface area contributed by atoms with E-state index in [-0.39, 0.29) is 27.9 Å². The maximum atomic E-state index is 14.1. The molecule has 2 heterocycles. The first kappa shape index (κ1) is 11.2. The Labute approximate surface area is 106 Å². The zero-order valence-corrected chi connectivity index (χ0v) is 9.83. The minimum atomic E-state index is -0.644. The van der Waals surface area contributed by atoms with Crippen LogP contribution in [0.1, 0.15) is 0 Å². The Morgan fingerprint density at radius 1 is 1.28 bits per heavy atom. The van der Waals surface area contributed by atoms with E-state index in [4.69, 9.17) is 31.3 Å². The van der Waals surface area contributed by atoms with Gasteiger partial charge < -0.3 is 19.7 Å². The second-order valence-electron chi connectivity index (χ2n) is 3.69. The van der Waals surface area contributed by atoms with Gasteiger partial charge in [0.2, 0.25) is 5.88 Å². The van der Waals surface area contributed by atoms with Crippen LogP contribution < -0.4 is 15.2 Å². The van der Waals surface area contributed by atoms with Crippen LogP contribution in [-0.2, 0) is 0 Å². The lowest BCUT2D eigenvalue weighted by Crippen LogP contribution is -2.16. The zero-order chi connectivity index (χ0) is 12.7. The van der Waals surface area contributed by atoms with E-state index in [0.29, 0.717) is 19.0 Å². The molecular formula is C11H8ClFN2O3. The van der Waals surface area contributed by atoms with Gasteiger partial charge in [-0.15, -0.1) is 0 Å². The number of hydrogen-bond acceptors (Lipinski definition) is 5. The van der Waals surface area contributed by atoms with Crippen molar-refractivity contribution in [3.63, 3.8) is 0 Å². The predicted octanol–water partition coefficient (Wildman–Crippen LogP) is 2.49. The molecule has 0 amide bonds. The molecule has 0 atom stereocenters. The number of hydrogen-bond donors (Lipinski definition) is 1. The fourth-order valence-corrected chi connectivity index (χ4v) is 1.96. The monoisotopic (exact) mass is 270 g/mol. The second-order valence-corrected chi connectivity index (χ2v) is 4.09. The molecule has 1 aliphatic rings.